The van der Waals surface area contributed by atoms with E-state index in [2.05, 4.69) is 11.9 Å². The summed E-state index contributed by atoms with van der Waals surface area (Å²) in [4.78, 5) is 4.41. The fraction of sp³-hybridized carbons (Fsp3) is 0.500. The lowest BCUT2D eigenvalue weighted by atomic mass is 10.3. The van der Waals surface area contributed by atoms with Crippen LogP contribution >= 0.6 is 11.6 Å². The molecule has 0 aliphatic carbocycles. The van der Waals surface area contributed by atoms with Crippen molar-refractivity contribution in [3.05, 3.63) is 29.8 Å². The minimum atomic E-state index is -0.253. The van der Waals surface area contributed by atoms with Crippen molar-refractivity contribution in [2.45, 2.75) is 32.2 Å². The lowest BCUT2D eigenvalue weighted by Gasteiger charge is -2.08. The number of imidazole rings is 1. The number of alkyl halides is 1. The highest BCUT2D eigenvalue weighted by molar-refractivity contribution is 6.16. The minimum Gasteiger partial charge on any atom is -0.381 e. The van der Waals surface area contributed by atoms with Gasteiger partial charge in [0, 0.05) is 19.8 Å². The number of hydrogen-bond donors (Lipinski definition) is 0. The lowest BCUT2D eigenvalue weighted by molar-refractivity contribution is 0.129. The molecule has 0 atom stereocenters. The summed E-state index contributed by atoms with van der Waals surface area (Å²) in [5.74, 6) is 0.848. The third-order valence-corrected chi connectivity index (χ3v) is 3.17. The van der Waals surface area contributed by atoms with E-state index in [0.29, 0.717) is 12.5 Å². The van der Waals surface area contributed by atoms with E-state index in [1.54, 1.807) is 6.07 Å². The molecule has 19 heavy (non-hydrogen) atoms. The zero-order chi connectivity index (χ0) is 13.7. The Bertz CT molecular complexity index is 541. The standard InChI is InChI=1S/C14H18ClFN2O/c1-2-7-19-8-3-6-18-13-9-11(16)4-5-12(13)17-14(18)10-15/h4-5,9H,2-3,6-8,10H2,1H3. The summed E-state index contributed by atoms with van der Waals surface area (Å²) in [6, 6.07) is 4.61. The Balaban J connectivity index is 2.13. The molecule has 2 rings (SSSR count). The predicted molar refractivity (Wildman–Crippen MR) is 75.0 cm³/mol. The summed E-state index contributed by atoms with van der Waals surface area (Å²) >= 11 is 5.90. The molecule has 0 unspecified atom stereocenters. The van der Waals surface area contributed by atoms with Crippen LogP contribution in [0.5, 0.6) is 0 Å². The molecule has 0 saturated heterocycles. The number of halogens is 2. The van der Waals surface area contributed by atoms with Gasteiger partial charge in [-0.05, 0) is 31.0 Å². The summed E-state index contributed by atoms with van der Waals surface area (Å²) in [6.07, 6.45) is 1.89. The van der Waals surface area contributed by atoms with Gasteiger partial charge in [0.25, 0.3) is 0 Å². The molecule has 0 N–H and O–H groups in total. The van der Waals surface area contributed by atoms with Crippen LogP contribution in [0.2, 0.25) is 0 Å². The number of nitrogens with zero attached hydrogens (tertiary/aromatic N) is 2. The first-order chi connectivity index (χ1) is 9.26. The van der Waals surface area contributed by atoms with E-state index in [9.17, 15) is 4.39 Å². The Kier molecular flexibility index (Phi) is 5.16. The van der Waals surface area contributed by atoms with Gasteiger partial charge in [0.15, 0.2) is 0 Å². The van der Waals surface area contributed by atoms with E-state index in [4.69, 9.17) is 16.3 Å². The average Bonchev–Trinajstić information content (AvgIpc) is 2.76. The highest BCUT2D eigenvalue weighted by Gasteiger charge is 2.10. The third kappa shape index (κ3) is 3.45. The quantitative estimate of drug-likeness (QED) is 0.572. The highest BCUT2D eigenvalue weighted by atomic mass is 35.5. The molecule has 0 bridgehead atoms. The van der Waals surface area contributed by atoms with Crippen molar-refractivity contribution in [2.75, 3.05) is 13.2 Å². The van der Waals surface area contributed by atoms with Crippen LogP contribution in [0.3, 0.4) is 0 Å². The fourth-order valence-corrected chi connectivity index (χ4v) is 2.27. The fourth-order valence-electron chi connectivity index (χ4n) is 2.07. The average molecular weight is 285 g/mol. The highest BCUT2D eigenvalue weighted by Crippen LogP contribution is 2.19. The number of hydrogen-bond acceptors (Lipinski definition) is 2. The molecule has 0 saturated carbocycles. The summed E-state index contributed by atoms with van der Waals surface area (Å²) in [7, 11) is 0. The van der Waals surface area contributed by atoms with Crippen molar-refractivity contribution < 1.29 is 9.13 Å². The molecule has 104 valence electrons. The normalized spacial score (nSPS) is 11.3. The van der Waals surface area contributed by atoms with Crippen molar-refractivity contribution in [1.29, 1.82) is 0 Å². The molecule has 1 aromatic heterocycles. The minimum absolute atomic E-state index is 0.253. The summed E-state index contributed by atoms with van der Waals surface area (Å²) in [5.41, 5.74) is 1.58. The predicted octanol–water partition coefficient (Wildman–Crippen LogP) is 3.73. The van der Waals surface area contributed by atoms with Crippen molar-refractivity contribution in [2.24, 2.45) is 0 Å². The SMILES string of the molecule is CCCOCCCn1c(CCl)nc2ccc(F)cc21. The van der Waals surface area contributed by atoms with Crippen molar-refractivity contribution >= 4 is 22.6 Å². The van der Waals surface area contributed by atoms with Crippen LogP contribution in [0.1, 0.15) is 25.6 Å². The van der Waals surface area contributed by atoms with Gasteiger partial charge >= 0.3 is 0 Å². The van der Waals surface area contributed by atoms with Crippen LogP contribution in [-0.4, -0.2) is 22.8 Å². The number of ether oxygens (including phenoxy) is 1. The first-order valence-electron chi connectivity index (χ1n) is 6.54. The van der Waals surface area contributed by atoms with Gasteiger partial charge in [-0.2, -0.15) is 0 Å². The number of rotatable bonds is 7. The summed E-state index contributed by atoms with van der Waals surface area (Å²) in [6.45, 7) is 4.30. The maximum Gasteiger partial charge on any atom is 0.125 e. The van der Waals surface area contributed by atoms with Crippen molar-refractivity contribution in [3.8, 4) is 0 Å². The smallest absolute Gasteiger partial charge is 0.125 e. The Labute approximate surface area is 117 Å². The second-order valence-electron chi connectivity index (χ2n) is 4.41. The first kappa shape index (κ1) is 14.3. The van der Waals surface area contributed by atoms with Crippen LogP contribution in [0, 0.1) is 5.82 Å². The molecule has 0 fully saturated rings. The molecule has 0 aliphatic rings. The molecule has 1 aromatic carbocycles. The molecule has 1 heterocycles. The van der Waals surface area contributed by atoms with Crippen molar-refractivity contribution in [3.63, 3.8) is 0 Å². The van der Waals surface area contributed by atoms with E-state index in [1.807, 2.05) is 4.57 Å². The molecule has 0 radical (unpaired) electrons. The van der Waals surface area contributed by atoms with Crippen LogP contribution in [0.4, 0.5) is 4.39 Å². The maximum atomic E-state index is 13.3. The van der Waals surface area contributed by atoms with E-state index < -0.39 is 0 Å². The van der Waals surface area contributed by atoms with Crippen molar-refractivity contribution in [1.82, 2.24) is 9.55 Å². The van der Waals surface area contributed by atoms with Crippen LogP contribution in [-0.2, 0) is 17.2 Å². The largest absolute Gasteiger partial charge is 0.381 e. The molecule has 2 aromatic rings. The Morgan fingerprint density at radius 2 is 2.21 bits per heavy atom. The van der Waals surface area contributed by atoms with Gasteiger partial charge in [0.05, 0.1) is 16.9 Å². The van der Waals surface area contributed by atoms with Gasteiger partial charge in [0.1, 0.15) is 11.6 Å². The molecule has 0 spiro atoms. The molecular weight excluding hydrogens is 267 g/mol. The molecule has 5 heteroatoms. The van der Waals surface area contributed by atoms with E-state index >= 15 is 0 Å². The second kappa shape index (κ2) is 6.87. The van der Waals surface area contributed by atoms with Gasteiger partial charge in [-0.15, -0.1) is 11.6 Å². The van der Waals surface area contributed by atoms with E-state index in [-0.39, 0.29) is 5.82 Å². The van der Waals surface area contributed by atoms with Gasteiger partial charge in [-0.25, -0.2) is 9.37 Å². The topological polar surface area (TPSA) is 27.1 Å². The van der Waals surface area contributed by atoms with Gasteiger partial charge in [-0.3, -0.25) is 0 Å². The number of aromatic nitrogens is 2. The van der Waals surface area contributed by atoms with Gasteiger partial charge < -0.3 is 9.30 Å². The summed E-state index contributed by atoms with van der Waals surface area (Å²) in [5, 5.41) is 0. The second-order valence-corrected chi connectivity index (χ2v) is 4.68. The molecule has 0 amide bonds. The zero-order valence-corrected chi connectivity index (χ0v) is 11.8. The Morgan fingerprint density at radius 3 is 2.95 bits per heavy atom. The number of fused-ring (bicyclic) bond motifs is 1. The van der Waals surface area contributed by atoms with Crippen LogP contribution < -0.4 is 0 Å². The van der Waals surface area contributed by atoms with Crippen LogP contribution in [0.25, 0.3) is 11.0 Å². The maximum absolute atomic E-state index is 13.3. The molecular formula is C14H18ClFN2O. The lowest BCUT2D eigenvalue weighted by Crippen LogP contribution is -2.06. The Morgan fingerprint density at radius 1 is 1.37 bits per heavy atom. The molecule has 0 aliphatic heterocycles. The summed E-state index contributed by atoms with van der Waals surface area (Å²) < 4.78 is 20.7. The Hall–Kier alpha value is -1.13. The number of benzene rings is 1. The molecule has 3 nitrogen and oxygen atoms in total. The van der Waals surface area contributed by atoms with E-state index in [1.165, 1.54) is 12.1 Å². The zero-order valence-electron chi connectivity index (χ0n) is 11.0. The third-order valence-electron chi connectivity index (χ3n) is 2.93. The van der Waals surface area contributed by atoms with Gasteiger partial charge in [-0.1, -0.05) is 6.92 Å². The number of aryl methyl sites for hydroxylation is 1. The monoisotopic (exact) mass is 284 g/mol. The van der Waals surface area contributed by atoms with Crippen LogP contribution in [0.15, 0.2) is 18.2 Å². The van der Waals surface area contributed by atoms with Gasteiger partial charge in [0.2, 0.25) is 0 Å². The first-order valence-corrected chi connectivity index (χ1v) is 7.08. The van der Waals surface area contributed by atoms with E-state index in [0.717, 1.165) is 42.9 Å².